The third-order valence-corrected chi connectivity index (χ3v) is 7.22. The molecule has 3 heterocycles. The normalized spacial score (nSPS) is 32.9. The minimum Gasteiger partial charge on any atom is -0.507 e. The molecule has 2 fully saturated rings. The molecule has 2 aliphatic rings. The molecule has 16 nitrogen and oxygen atoms in total. The number of rotatable bonds is 7. The fraction of sp³-hybridized carbons (Fsp3) is 0.444. The maximum atomic E-state index is 10.8. The van der Waals surface area contributed by atoms with Crippen LogP contribution in [-0.2, 0) is 9.47 Å². The summed E-state index contributed by atoms with van der Waals surface area (Å²) in [7, 11) is 0. The lowest BCUT2D eigenvalue weighted by Crippen LogP contribution is -2.60. The molecule has 43 heavy (non-hydrogen) atoms. The summed E-state index contributed by atoms with van der Waals surface area (Å²) in [6.45, 7) is -1.41. The van der Waals surface area contributed by atoms with Gasteiger partial charge in [0, 0.05) is 18.2 Å². The van der Waals surface area contributed by atoms with Crippen LogP contribution in [0.4, 0.5) is 0 Å². The first-order valence-corrected chi connectivity index (χ1v) is 13.0. The van der Waals surface area contributed by atoms with Crippen molar-refractivity contribution in [3.63, 3.8) is 0 Å². The van der Waals surface area contributed by atoms with Gasteiger partial charge in [-0.2, -0.15) is 0 Å². The summed E-state index contributed by atoms with van der Waals surface area (Å²) in [5.74, 6) is -1.89. The minimum absolute atomic E-state index is 0.0326. The van der Waals surface area contributed by atoms with E-state index in [-0.39, 0.29) is 39.5 Å². The van der Waals surface area contributed by atoms with E-state index in [9.17, 15) is 56.2 Å². The van der Waals surface area contributed by atoms with Crippen molar-refractivity contribution < 1.29 is 79.5 Å². The van der Waals surface area contributed by atoms with E-state index in [0.29, 0.717) is 0 Å². The Balaban J connectivity index is 1.51. The second-order valence-corrected chi connectivity index (χ2v) is 10.1. The second-order valence-electron chi connectivity index (χ2n) is 10.1. The molecule has 0 radical (unpaired) electrons. The zero-order chi connectivity index (χ0) is 31.2. The van der Waals surface area contributed by atoms with Crippen LogP contribution in [0, 0.1) is 0 Å². The van der Waals surface area contributed by atoms with Crippen molar-refractivity contribution in [3.8, 4) is 40.1 Å². The zero-order valence-electron chi connectivity index (χ0n) is 22.1. The molecule has 2 aromatic carbocycles. The first-order chi connectivity index (χ1) is 20.4. The highest BCUT2D eigenvalue weighted by Crippen LogP contribution is 2.42. The number of hydrogen-bond acceptors (Lipinski definition) is 15. The Hall–Kier alpha value is -3.55. The zero-order valence-corrected chi connectivity index (χ0v) is 22.1. The van der Waals surface area contributed by atoms with E-state index in [1.54, 1.807) is 0 Å². The molecule has 2 saturated heterocycles. The number of hydrogen-bond donors (Lipinski definition) is 11. The van der Waals surface area contributed by atoms with Gasteiger partial charge in [0.25, 0.3) is 0 Å². The topological polar surface area (TPSA) is 271 Å². The fourth-order valence-electron chi connectivity index (χ4n) is 4.81. The molecule has 0 saturated carbocycles. The minimum atomic E-state index is -1.79. The summed E-state index contributed by atoms with van der Waals surface area (Å²) in [5.41, 5.74) is 0.0674. The second kappa shape index (κ2) is 12.2. The van der Waals surface area contributed by atoms with Crippen molar-refractivity contribution in [2.45, 2.75) is 61.4 Å². The number of fused-ring (bicyclic) bond motifs is 1. The van der Waals surface area contributed by atoms with Crippen molar-refractivity contribution in [1.29, 1.82) is 0 Å². The molecule has 10 atom stereocenters. The first kappa shape index (κ1) is 30.9. The standard InChI is InChI=1S/C27H30O16/c28-7-17-19(33)21(35)23(37)26(42-17)40-14-2-1-9(3-13(14)32)25-16(6-11-12(31)4-10(30)5-15(11)39-25)41-27-24(38)22(36)20(34)18(8-29)43-27/h1-6,17-24,26-29,33-38H,7-8H2,(H2-,30,31,32)/p+1. The van der Waals surface area contributed by atoms with Crippen molar-refractivity contribution in [1.82, 2.24) is 0 Å². The molecule has 5 rings (SSSR count). The van der Waals surface area contributed by atoms with E-state index in [0.717, 1.165) is 12.1 Å². The van der Waals surface area contributed by atoms with Gasteiger partial charge in [0.15, 0.2) is 11.5 Å². The van der Waals surface area contributed by atoms with Gasteiger partial charge in [-0.05, 0) is 12.1 Å². The highest BCUT2D eigenvalue weighted by molar-refractivity contribution is 5.88. The summed E-state index contributed by atoms with van der Waals surface area (Å²) < 4.78 is 27.9. The van der Waals surface area contributed by atoms with E-state index in [4.69, 9.17) is 23.4 Å². The van der Waals surface area contributed by atoms with Crippen LogP contribution < -0.4 is 9.47 Å². The van der Waals surface area contributed by atoms with Crippen LogP contribution in [0.25, 0.3) is 22.3 Å². The number of aliphatic hydroxyl groups excluding tert-OH is 8. The molecule has 0 amide bonds. The van der Waals surface area contributed by atoms with Gasteiger partial charge >= 0.3 is 11.3 Å². The highest BCUT2D eigenvalue weighted by atomic mass is 16.7. The lowest BCUT2D eigenvalue weighted by molar-refractivity contribution is -0.277. The largest absolute Gasteiger partial charge is 0.507 e. The van der Waals surface area contributed by atoms with E-state index in [1.807, 2.05) is 0 Å². The Kier molecular flexibility index (Phi) is 8.77. The summed E-state index contributed by atoms with van der Waals surface area (Å²) in [5, 5.41) is 111. The van der Waals surface area contributed by atoms with E-state index in [2.05, 4.69) is 0 Å². The molecule has 16 heteroatoms. The molecule has 1 aromatic heterocycles. The molecule has 3 aromatic rings. The Morgan fingerprint density at radius 3 is 1.72 bits per heavy atom. The predicted octanol–water partition coefficient (Wildman–Crippen LogP) is -2.14. The average Bonchev–Trinajstić information content (AvgIpc) is 2.98. The van der Waals surface area contributed by atoms with Gasteiger partial charge in [-0.25, -0.2) is 4.42 Å². The van der Waals surface area contributed by atoms with Crippen LogP contribution in [0.3, 0.4) is 0 Å². The number of phenolic OH excluding ortho intramolecular Hbond substituents is 3. The number of phenols is 3. The van der Waals surface area contributed by atoms with E-state index in [1.165, 1.54) is 24.3 Å². The predicted molar refractivity (Wildman–Crippen MR) is 140 cm³/mol. The van der Waals surface area contributed by atoms with Gasteiger partial charge in [-0.1, -0.05) is 0 Å². The van der Waals surface area contributed by atoms with Gasteiger partial charge in [-0.15, -0.1) is 0 Å². The number of aliphatic hydroxyl groups is 8. The maximum Gasteiger partial charge on any atom is 0.402 e. The molecule has 2 aliphatic heterocycles. The third kappa shape index (κ3) is 5.85. The van der Waals surface area contributed by atoms with Gasteiger partial charge in [-0.3, -0.25) is 0 Å². The Morgan fingerprint density at radius 1 is 0.628 bits per heavy atom. The van der Waals surface area contributed by atoms with Crippen molar-refractivity contribution in [2.24, 2.45) is 0 Å². The number of benzene rings is 2. The van der Waals surface area contributed by atoms with Crippen LogP contribution in [0.1, 0.15) is 0 Å². The molecule has 0 aliphatic carbocycles. The summed E-state index contributed by atoms with van der Waals surface area (Å²) in [6.07, 6.45) is -16.1. The number of ether oxygens (including phenoxy) is 4. The van der Waals surface area contributed by atoms with E-state index >= 15 is 0 Å². The lowest BCUT2D eigenvalue weighted by Gasteiger charge is -2.39. The quantitative estimate of drug-likeness (QED) is 0.127. The Bertz CT molecular complexity index is 1450. The van der Waals surface area contributed by atoms with Crippen LogP contribution in [0.5, 0.6) is 28.7 Å². The molecule has 0 spiro atoms. The van der Waals surface area contributed by atoms with Gasteiger partial charge in [0.1, 0.15) is 65.7 Å². The van der Waals surface area contributed by atoms with Crippen molar-refractivity contribution in [2.75, 3.05) is 13.2 Å². The number of aromatic hydroxyl groups is 3. The van der Waals surface area contributed by atoms with Gasteiger partial charge in [0.05, 0.1) is 24.8 Å². The highest BCUT2D eigenvalue weighted by Gasteiger charge is 2.46. The fourth-order valence-corrected chi connectivity index (χ4v) is 4.81. The average molecular weight is 612 g/mol. The van der Waals surface area contributed by atoms with E-state index < -0.39 is 86.1 Å². The Labute approximate surface area is 242 Å². The monoisotopic (exact) mass is 611 g/mol. The smallest absolute Gasteiger partial charge is 0.402 e. The maximum absolute atomic E-state index is 10.8. The summed E-state index contributed by atoms with van der Waals surface area (Å²) in [4.78, 5) is 0. The van der Waals surface area contributed by atoms with Crippen LogP contribution in [0.15, 0.2) is 40.8 Å². The van der Waals surface area contributed by atoms with Crippen LogP contribution in [0.2, 0.25) is 0 Å². The first-order valence-electron chi connectivity index (χ1n) is 13.0. The van der Waals surface area contributed by atoms with Crippen LogP contribution in [-0.4, -0.2) is 131 Å². The summed E-state index contributed by atoms with van der Waals surface area (Å²) >= 11 is 0. The molecule has 10 unspecified atom stereocenters. The molecule has 0 bridgehead atoms. The third-order valence-electron chi connectivity index (χ3n) is 7.22. The van der Waals surface area contributed by atoms with Crippen molar-refractivity contribution in [3.05, 3.63) is 36.4 Å². The molecule has 11 N–H and O–H groups in total. The molecule has 234 valence electrons. The molecular weight excluding hydrogens is 580 g/mol. The summed E-state index contributed by atoms with van der Waals surface area (Å²) in [6, 6.07) is 7.20. The lowest BCUT2D eigenvalue weighted by atomic mass is 9.99. The SMILES string of the molecule is OCC1OC(Oc2ccc(-c3[o+]c4cc(O)cc(O)c4cc3OC3OC(CO)C(O)C(O)C3O)cc2O)C(O)C(O)C1O. The van der Waals surface area contributed by atoms with Crippen molar-refractivity contribution >= 4 is 11.0 Å². The van der Waals surface area contributed by atoms with Gasteiger partial charge in [0.2, 0.25) is 18.3 Å². The van der Waals surface area contributed by atoms with Gasteiger partial charge < -0.3 is 75.1 Å². The molecular formula is C27H31O16+. The van der Waals surface area contributed by atoms with Crippen LogP contribution >= 0.6 is 0 Å². The Morgan fingerprint density at radius 2 is 1.19 bits per heavy atom.